The fraction of sp³-hybridized carbons (Fsp3) is 0.471. The lowest BCUT2D eigenvalue weighted by atomic mass is 9.77. The summed E-state index contributed by atoms with van der Waals surface area (Å²) in [7, 11) is 0. The minimum atomic E-state index is -4.31. The number of halogens is 3. The molecule has 0 radical (unpaired) electrons. The third-order valence-electron chi connectivity index (χ3n) is 8.60. The largest absolute Gasteiger partial charge is 0.416 e. The van der Waals surface area contributed by atoms with Crippen LogP contribution >= 0.6 is 0 Å². The second kappa shape index (κ2) is 13.2. The lowest BCUT2D eigenvalue weighted by molar-refractivity contribution is -0.137. The molecule has 0 unspecified atom stereocenters. The zero-order valence-corrected chi connectivity index (χ0v) is 24.5. The Morgan fingerprint density at radius 1 is 0.976 bits per heavy atom. The van der Waals surface area contributed by atoms with Crippen molar-refractivity contribution in [1.82, 2.24) is 10.3 Å². The van der Waals surface area contributed by atoms with E-state index in [0.717, 1.165) is 61.4 Å². The third-order valence-corrected chi connectivity index (χ3v) is 8.60. The molecule has 2 aromatic carbocycles. The number of rotatable bonds is 8. The first-order chi connectivity index (χ1) is 20.2. The van der Waals surface area contributed by atoms with Crippen LogP contribution in [0.4, 0.5) is 24.7 Å². The maximum absolute atomic E-state index is 13.0. The topological polar surface area (TPSA) is 57.3 Å². The van der Waals surface area contributed by atoms with Gasteiger partial charge in [-0.3, -0.25) is 4.79 Å². The second-order valence-corrected chi connectivity index (χ2v) is 12.2. The number of hydrogen-bond donors (Lipinski definition) is 2. The van der Waals surface area contributed by atoms with Gasteiger partial charge >= 0.3 is 6.18 Å². The highest BCUT2D eigenvalue weighted by Gasteiger charge is 2.32. The fourth-order valence-electron chi connectivity index (χ4n) is 6.53. The van der Waals surface area contributed by atoms with Gasteiger partial charge in [0.15, 0.2) is 0 Å². The van der Waals surface area contributed by atoms with Crippen molar-refractivity contribution >= 4 is 17.4 Å². The van der Waals surface area contributed by atoms with Crippen molar-refractivity contribution in [1.29, 1.82) is 0 Å². The molecule has 2 N–H and O–H groups in total. The van der Waals surface area contributed by atoms with Crippen molar-refractivity contribution in [2.75, 3.05) is 23.3 Å². The zero-order chi connectivity index (χ0) is 29.7. The zero-order valence-electron chi connectivity index (χ0n) is 24.5. The van der Waals surface area contributed by atoms with Crippen molar-refractivity contribution in [2.45, 2.75) is 77.1 Å². The number of carbonyl (C=O) groups excluding carboxylic acids is 1. The smallest absolute Gasteiger partial charge is 0.371 e. The third kappa shape index (κ3) is 7.64. The summed E-state index contributed by atoms with van der Waals surface area (Å²) in [6, 6.07) is 17.7. The Balaban J connectivity index is 1.23. The summed E-state index contributed by atoms with van der Waals surface area (Å²) in [5.74, 6) is 1.79. The molecule has 1 aliphatic heterocycles. The molecule has 1 aromatic heterocycles. The molecular weight excluding hydrogens is 537 g/mol. The van der Waals surface area contributed by atoms with Gasteiger partial charge in [0.2, 0.25) is 0 Å². The molecule has 1 saturated heterocycles. The predicted molar refractivity (Wildman–Crippen MR) is 163 cm³/mol. The van der Waals surface area contributed by atoms with Crippen LogP contribution in [0.3, 0.4) is 0 Å². The minimum Gasteiger partial charge on any atom is -0.371 e. The van der Waals surface area contributed by atoms with Crippen molar-refractivity contribution in [3.8, 4) is 11.1 Å². The molecule has 1 amide bonds. The van der Waals surface area contributed by atoms with E-state index in [2.05, 4.69) is 26.6 Å². The predicted octanol–water partition coefficient (Wildman–Crippen LogP) is 8.18. The van der Waals surface area contributed by atoms with E-state index in [1.807, 2.05) is 50.4 Å². The summed E-state index contributed by atoms with van der Waals surface area (Å²) in [6.07, 6.45) is 5.47. The number of pyridine rings is 1. The Kier molecular flexibility index (Phi) is 9.39. The van der Waals surface area contributed by atoms with Gasteiger partial charge in [0.25, 0.3) is 5.91 Å². The molecule has 5 nitrogen and oxygen atoms in total. The maximum Gasteiger partial charge on any atom is 0.416 e. The summed E-state index contributed by atoms with van der Waals surface area (Å²) in [4.78, 5) is 19.4. The highest BCUT2D eigenvalue weighted by Crippen LogP contribution is 2.36. The van der Waals surface area contributed by atoms with Gasteiger partial charge in [0.05, 0.1) is 5.56 Å². The Labute approximate surface area is 246 Å². The molecule has 3 aromatic rings. The molecule has 2 heterocycles. The van der Waals surface area contributed by atoms with Gasteiger partial charge in [0.1, 0.15) is 5.82 Å². The van der Waals surface area contributed by atoms with Gasteiger partial charge in [-0.15, -0.1) is 0 Å². The van der Waals surface area contributed by atoms with Gasteiger partial charge in [-0.2, -0.15) is 13.2 Å². The summed E-state index contributed by atoms with van der Waals surface area (Å²) < 4.78 is 39.1. The highest BCUT2D eigenvalue weighted by molar-refractivity contribution is 5.95. The number of amides is 1. The lowest BCUT2D eigenvalue weighted by Crippen LogP contribution is -2.39. The fourth-order valence-corrected chi connectivity index (χ4v) is 6.53. The van der Waals surface area contributed by atoms with Crippen molar-refractivity contribution in [2.24, 2.45) is 11.8 Å². The summed E-state index contributed by atoms with van der Waals surface area (Å²) in [6.45, 7) is 5.66. The van der Waals surface area contributed by atoms with Gasteiger partial charge in [-0.25, -0.2) is 4.98 Å². The van der Waals surface area contributed by atoms with Crippen LogP contribution in [0.2, 0.25) is 0 Å². The molecule has 0 bridgehead atoms. The maximum atomic E-state index is 13.0. The quantitative estimate of drug-likeness (QED) is 0.283. The molecule has 2 aliphatic rings. The number of carbonyl (C=O) groups is 1. The summed E-state index contributed by atoms with van der Waals surface area (Å²) in [5.41, 5.74) is 2.90. The van der Waals surface area contributed by atoms with E-state index in [9.17, 15) is 18.0 Å². The lowest BCUT2D eigenvalue weighted by Gasteiger charge is -2.39. The first kappa shape index (κ1) is 29.9. The van der Waals surface area contributed by atoms with Crippen molar-refractivity contribution in [3.05, 3.63) is 78.0 Å². The van der Waals surface area contributed by atoms with E-state index in [-0.39, 0.29) is 11.9 Å². The van der Waals surface area contributed by atoms with Crippen LogP contribution in [0.25, 0.3) is 11.1 Å². The molecule has 1 saturated carbocycles. The van der Waals surface area contributed by atoms with E-state index in [1.54, 1.807) is 12.1 Å². The number of piperidine rings is 1. The van der Waals surface area contributed by atoms with Crippen LogP contribution in [-0.4, -0.2) is 36.1 Å². The molecule has 8 heteroatoms. The van der Waals surface area contributed by atoms with Crippen molar-refractivity contribution < 1.29 is 18.0 Å². The molecule has 224 valence electrons. The van der Waals surface area contributed by atoms with Gasteiger partial charge in [-0.1, -0.05) is 25.0 Å². The molecule has 42 heavy (non-hydrogen) atoms. The normalized spacial score (nSPS) is 21.3. The number of benzene rings is 2. The van der Waals surface area contributed by atoms with Gasteiger partial charge < -0.3 is 15.5 Å². The standard InChI is InChI=1S/C34H41F3N4O/c1-23(2)39-33(42)28-10-5-9-25(20-28)26-16-17-38-32(21-26)40-31-11-4-3-8-27(31)19-24-7-6-18-41(22-24)30-14-12-29(13-15-30)34(35,36)37/h5,9-10,12-17,20-21,23-24,27,31H,3-4,6-8,11,18-19,22H2,1-2H3,(H,38,40)(H,39,42)/t24-,27+,31-/m1/s1. The molecule has 2 fully saturated rings. The monoisotopic (exact) mass is 578 g/mol. The summed E-state index contributed by atoms with van der Waals surface area (Å²) >= 11 is 0. The Bertz CT molecular complexity index is 1340. The molecule has 5 rings (SSSR count). The van der Waals surface area contributed by atoms with Crippen LogP contribution in [0.5, 0.6) is 0 Å². The molecule has 1 aliphatic carbocycles. The number of aromatic nitrogens is 1. The van der Waals surface area contributed by atoms with E-state index in [0.29, 0.717) is 23.4 Å². The van der Waals surface area contributed by atoms with E-state index in [4.69, 9.17) is 0 Å². The second-order valence-electron chi connectivity index (χ2n) is 12.2. The Morgan fingerprint density at radius 2 is 1.74 bits per heavy atom. The Hall–Kier alpha value is -3.55. The highest BCUT2D eigenvalue weighted by atomic mass is 19.4. The van der Waals surface area contributed by atoms with Crippen LogP contribution < -0.4 is 15.5 Å². The van der Waals surface area contributed by atoms with E-state index in [1.165, 1.54) is 31.4 Å². The average molecular weight is 579 g/mol. The van der Waals surface area contributed by atoms with Gasteiger partial charge in [-0.05, 0) is 117 Å². The SMILES string of the molecule is CC(C)NC(=O)c1cccc(-c2ccnc(N[C@@H]3CCCC[C@H]3C[C@H]3CCCN(c4ccc(C(F)(F)F)cc4)C3)c2)c1. The average Bonchev–Trinajstić information content (AvgIpc) is 2.98. The van der Waals surface area contributed by atoms with Crippen LogP contribution in [-0.2, 0) is 6.18 Å². The number of anilines is 2. The molecule has 3 atom stereocenters. The van der Waals surface area contributed by atoms with E-state index >= 15 is 0 Å². The molecule has 0 spiro atoms. The number of nitrogens with one attached hydrogen (secondary N) is 2. The summed E-state index contributed by atoms with van der Waals surface area (Å²) in [5, 5.41) is 6.70. The first-order valence-electron chi connectivity index (χ1n) is 15.2. The number of hydrogen-bond acceptors (Lipinski definition) is 4. The molecular formula is C34H41F3N4O. The first-order valence-corrected chi connectivity index (χ1v) is 15.2. The van der Waals surface area contributed by atoms with Crippen LogP contribution in [0.1, 0.15) is 74.7 Å². The van der Waals surface area contributed by atoms with Crippen LogP contribution in [0, 0.1) is 11.8 Å². The van der Waals surface area contributed by atoms with Crippen molar-refractivity contribution in [3.63, 3.8) is 0 Å². The minimum absolute atomic E-state index is 0.0721. The van der Waals surface area contributed by atoms with Gasteiger partial charge in [0, 0.05) is 42.6 Å². The number of alkyl halides is 3. The van der Waals surface area contributed by atoms with Crippen LogP contribution in [0.15, 0.2) is 66.9 Å². The van der Waals surface area contributed by atoms with E-state index < -0.39 is 11.7 Å². The Morgan fingerprint density at radius 3 is 2.50 bits per heavy atom. The number of nitrogens with zero attached hydrogens (tertiary/aromatic N) is 2.